The third kappa shape index (κ3) is 6.22. The van der Waals surface area contributed by atoms with E-state index in [2.05, 4.69) is 229 Å². The first-order chi connectivity index (χ1) is 27.2. The molecule has 0 saturated heterocycles. The first-order valence-electron chi connectivity index (χ1n) is 18.9. The molecule has 10 aromatic rings. The topological polar surface area (TPSA) is 3.24 Å². The van der Waals surface area contributed by atoms with Gasteiger partial charge in [-0.3, -0.25) is 0 Å². The monoisotopic (exact) mass is 699 g/mol. The minimum atomic E-state index is 1.10. The van der Waals surface area contributed by atoms with Crippen LogP contribution in [0.1, 0.15) is 0 Å². The van der Waals surface area contributed by atoms with Crippen LogP contribution in [0.25, 0.3) is 76.8 Å². The van der Waals surface area contributed by atoms with Crippen LogP contribution < -0.4 is 4.90 Å². The van der Waals surface area contributed by atoms with Gasteiger partial charge in [0.25, 0.3) is 0 Å². The number of fused-ring (bicyclic) bond motifs is 5. The summed E-state index contributed by atoms with van der Waals surface area (Å²) in [5.41, 5.74) is 12.9. The van der Waals surface area contributed by atoms with Crippen LogP contribution in [-0.4, -0.2) is 0 Å². The smallest absolute Gasteiger partial charge is 0.0467 e. The number of hydrogen-bond donors (Lipinski definition) is 0. The summed E-state index contributed by atoms with van der Waals surface area (Å²) in [6.07, 6.45) is 0. The Labute approximate surface area is 322 Å². The second-order valence-corrected chi connectivity index (χ2v) is 14.2. The van der Waals surface area contributed by atoms with E-state index < -0.39 is 0 Å². The van der Waals surface area contributed by atoms with Crippen molar-refractivity contribution in [3.05, 3.63) is 224 Å². The van der Waals surface area contributed by atoms with Crippen LogP contribution in [0.15, 0.2) is 224 Å². The fourth-order valence-electron chi connectivity index (χ4n) is 7.99. The van der Waals surface area contributed by atoms with Crippen LogP contribution in [0.2, 0.25) is 0 Å². The molecule has 0 aliphatic rings. The van der Waals surface area contributed by atoms with Gasteiger partial charge in [0, 0.05) is 17.1 Å². The predicted octanol–water partition coefficient (Wildman–Crippen LogP) is 15.3. The molecule has 0 heterocycles. The fourth-order valence-corrected chi connectivity index (χ4v) is 7.99. The summed E-state index contributed by atoms with van der Waals surface area (Å²) in [6, 6.07) is 81.4. The number of benzene rings is 10. The van der Waals surface area contributed by atoms with E-state index in [4.69, 9.17) is 0 Å². The summed E-state index contributed by atoms with van der Waals surface area (Å²) in [4.78, 5) is 2.36. The Hall–Kier alpha value is -7.22. The van der Waals surface area contributed by atoms with Crippen molar-refractivity contribution >= 4 is 49.4 Å². The summed E-state index contributed by atoms with van der Waals surface area (Å²) in [7, 11) is 0. The standard InChI is InChI=1S/C54H37N/c1-3-10-38(11-4-1)40-18-20-41(21-19-40)42-24-30-48(31-25-42)55(50-16-9-15-46(36-50)39-12-5-2-6-13-39)49-32-26-43(27-33-49)47-23-22-45-29-34-52-51-17-8-7-14-44(51)28-35-53(52)54(45)37-47/h1-37H. The van der Waals surface area contributed by atoms with Crippen molar-refractivity contribution in [2.24, 2.45) is 0 Å². The summed E-state index contributed by atoms with van der Waals surface area (Å²) >= 11 is 0. The lowest BCUT2D eigenvalue weighted by atomic mass is 9.94. The van der Waals surface area contributed by atoms with Gasteiger partial charge < -0.3 is 4.90 Å². The molecule has 0 fully saturated rings. The zero-order chi connectivity index (χ0) is 36.6. The third-order valence-corrected chi connectivity index (χ3v) is 10.9. The lowest BCUT2D eigenvalue weighted by Crippen LogP contribution is -2.10. The highest BCUT2D eigenvalue weighted by Crippen LogP contribution is 2.39. The lowest BCUT2D eigenvalue weighted by molar-refractivity contribution is 1.28. The van der Waals surface area contributed by atoms with Crippen LogP contribution in [0.3, 0.4) is 0 Å². The zero-order valence-corrected chi connectivity index (χ0v) is 30.3. The van der Waals surface area contributed by atoms with E-state index in [-0.39, 0.29) is 0 Å². The van der Waals surface area contributed by atoms with Gasteiger partial charge in [-0.15, -0.1) is 0 Å². The van der Waals surface area contributed by atoms with Gasteiger partial charge in [0.05, 0.1) is 0 Å². The van der Waals surface area contributed by atoms with Crippen LogP contribution in [0.4, 0.5) is 17.1 Å². The molecule has 55 heavy (non-hydrogen) atoms. The lowest BCUT2D eigenvalue weighted by Gasteiger charge is -2.26. The van der Waals surface area contributed by atoms with E-state index in [0.29, 0.717) is 0 Å². The minimum Gasteiger partial charge on any atom is -0.310 e. The number of hydrogen-bond acceptors (Lipinski definition) is 1. The highest BCUT2D eigenvalue weighted by atomic mass is 15.1. The molecule has 0 saturated carbocycles. The van der Waals surface area contributed by atoms with Gasteiger partial charge in [-0.1, -0.05) is 182 Å². The maximum Gasteiger partial charge on any atom is 0.0467 e. The summed E-state index contributed by atoms with van der Waals surface area (Å²) in [5.74, 6) is 0. The Balaban J connectivity index is 1.02. The number of anilines is 3. The van der Waals surface area contributed by atoms with E-state index in [0.717, 1.165) is 17.1 Å². The average Bonchev–Trinajstić information content (AvgIpc) is 3.27. The molecule has 1 heteroatoms. The van der Waals surface area contributed by atoms with Gasteiger partial charge in [0.15, 0.2) is 0 Å². The molecule has 10 aromatic carbocycles. The fraction of sp³-hybridized carbons (Fsp3) is 0. The molecule has 0 radical (unpaired) electrons. The van der Waals surface area contributed by atoms with Gasteiger partial charge in [0.2, 0.25) is 0 Å². The molecule has 0 spiro atoms. The molecular weight excluding hydrogens is 663 g/mol. The second kappa shape index (κ2) is 14.0. The zero-order valence-electron chi connectivity index (χ0n) is 30.3. The van der Waals surface area contributed by atoms with Gasteiger partial charge in [-0.05, 0) is 119 Å². The Kier molecular flexibility index (Phi) is 8.24. The Morgan fingerprint density at radius 3 is 1.22 bits per heavy atom. The van der Waals surface area contributed by atoms with E-state index in [9.17, 15) is 0 Å². The van der Waals surface area contributed by atoms with Crippen molar-refractivity contribution in [3.8, 4) is 44.5 Å². The molecule has 10 rings (SSSR count). The van der Waals surface area contributed by atoms with Gasteiger partial charge >= 0.3 is 0 Å². The van der Waals surface area contributed by atoms with Crippen molar-refractivity contribution < 1.29 is 0 Å². The van der Waals surface area contributed by atoms with Crippen LogP contribution >= 0.6 is 0 Å². The van der Waals surface area contributed by atoms with Crippen molar-refractivity contribution in [1.82, 2.24) is 0 Å². The maximum absolute atomic E-state index is 2.36. The van der Waals surface area contributed by atoms with Crippen molar-refractivity contribution in [2.75, 3.05) is 4.90 Å². The Morgan fingerprint density at radius 2 is 0.600 bits per heavy atom. The molecule has 0 N–H and O–H groups in total. The Morgan fingerprint density at radius 1 is 0.200 bits per heavy atom. The average molecular weight is 700 g/mol. The summed E-state index contributed by atoms with van der Waals surface area (Å²) in [5, 5.41) is 7.67. The van der Waals surface area contributed by atoms with E-state index in [1.807, 2.05) is 0 Å². The van der Waals surface area contributed by atoms with Gasteiger partial charge in [0.1, 0.15) is 0 Å². The largest absolute Gasteiger partial charge is 0.310 e. The molecule has 0 aliphatic heterocycles. The van der Waals surface area contributed by atoms with Crippen molar-refractivity contribution in [2.45, 2.75) is 0 Å². The van der Waals surface area contributed by atoms with E-state index >= 15 is 0 Å². The number of rotatable bonds is 7. The molecule has 1 nitrogen and oxygen atoms in total. The normalized spacial score (nSPS) is 11.3. The molecule has 0 bridgehead atoms. The summed E-state index contributed by atoms with van der Waals surface area (Å²) in [6.45, 7) is 0. The predicted molar refractivity (Wildman–Crippen MR) is 235 cm³/mol. The molecule has 258 valence electrons. The Bertz CT molecular complexity index is 2930. The van der Waals surface area contributed by atoms with Crippen LogP contribution in [-0.2, 0) is 0 Å². The molecule has 0 unspecified atom stereocenters. The first-order valence-corrected chi connectivity index (χ1v) is 18.9. The maximum atomic E-state index is 2.36. The van der Waals surface area contributed by atoms with E-state index in [1.54, 1.807) is 0 Å². The third-order valence-electron chi connectivity index (χ3n) is 10.9. The number of nitrogens with zero attached hydrogens (tertiary/aromatic N) is 1. The molecular formula is C54H37N. The van der Waals surface area contributed by atoms with Crippen LogP contribution in [0, 0.1) is 0 Å². The molecule has 0 amide bonds. The van der Waals surface area contributed by atoms with Crippen molar-refractivity contribution in [1.29, 1.82) is 0 Å². The molecule has 0 atom stereocenters. The van der Waals surface area contributed by atoms with Gasteiger partial charge in [-0.2, -0.15) is 0 Å². The molecule has 0 aliphatic carbocycles. The van der Waals surface area contributed by atoms with Crippen molar-refractivity contribution in [3.63, 3.8) is 0 Å². The molecule has 0 aromatic heterocycles. The van der Waals surface area contributed by atoms with Crippen LogP contribution in [0.5, 0.6) is 0 Å². The highest BCUT2D eigenvalue weighted by Gasteiger charge is 2.15. The summed E-state index contributed by atoms with van der Waals surface area (Å²) < 4.78 is 0. The van der Waals surface area contributed by atoms with E-state index in [1.165, 1.54) is 76.8 Å². The quantitative estimate of drug-likeness (QED) is 0.150. The first kappa shape index (κ1) is 32.4. The SMILES string of the molecule is c1ccc(-c2ccc(-c3ccc(N(c4ccc(-c5ccc6ccc7c8ccccc8ccc7c6c5)cc4)c4cccc(-c5ccccc5)c4)cc3)cc2)cc1. The highest BCUT2D eigenvalue weighted by molar-refractivity contribution is 6.17. The minimum absolute atomic E-state index is 1.10. The van der Waals surface area contributed by atoms with Gasteiger partial charge in [-0.25, -0.2) is 0 Å². The second-order valence-electron chi connectivity index (χ2n) is 14.2.